The van der Waals surface area contributed by atoms with Crippen LogP contribution in [0, 0.1) is 5.92 Å². The number of hydrogen-bond acceptors (Lipinski definition) is 4. The molecule has 0 amide bonds. The van der Waals surface area contributed by atoms with Crippen molar-refractivity contribution in [3.8, 4) is 0 Å². The molecule has 0 rings (SSSR count). The first-order chi connectivity index (χ1) is 4.74. The van der Waals surface area contributed by atoms with E-state index in [1.54, 1.807) is 5.48 Å². The van der Waals surface area contributed by atoms with Crippen LogP contribution >= 0.6 is 0 Å². The lowest BCUT2D eigenvalue weighted by molar-refractivity contribution is -0.0170. The molecule has 0 saturated heterocycles. The van der Waals surface area contributed by atoms with Crippen molar-refractivity contribution in [1.82, 2.24) is 5.48 Å². The summed E-state index contributed by atoms with van der Waals surface area (Å²) in [7, 11) is 0. The summed E-state index contributed by atoms with van der Waals surface area (Å²) >= 11 is 0. The molecule has 0 radical (unpaired) electrons. The van der Waals surface area contributed by atoms with Gasteiger partial charge in [0, 0.05) is 6.61 Å². The van der Waals surface area contributed by atoms with Crippen LogP contribution in [-0.4, -0.2) is 28.3 Å². The first-order valence-electron chi connectivity index (χ1n) is 3.43. The first-order valence-corrected chi connectivity index (χ1v) is 3.43. The molecule has 0 saturated carbocycles. The van der Waals surface area contributed by atoms with Crippen LogP contribution in [0.3, 0.4) is 0 Å². The van der Waals surface area contributed by atoms with Crippen molar-refractivity contribution in [1.29, 1.82) is 0 Å². The third kappa shape index (κ3) is 3.79. The summed E-state index contributed by atoms with van der Waals surface area (Å²) in [5.74, 6) is 0.0645. The average molecular weight is 149 g/mol. The van der Waals surface area contributed by atoms with E-state index in [1.807, 2.05) is 6.92 Å². The van der Waals surface area contributed by atoms with Crippen molar-refractivity contribution in [2.24, 2.45) is 5.92 Å². The molecular weight excluding hydrogens is 134 g/mol. The molecule has 10 heavy (non-hydrogen) atoms. The minimum absolute atomic E-state index is 0.0508. The van der Waals surface area contributed by atoms with Crippen LogP contribution in [0.15, 0.2) is 0 Å². The van der Waals surface area contributed by atoms with Gasteiger partial charge in [0.2, 0.25) is 0 Å². The van der Waals surface area contributed by atoms with Crippen LogP contribution < -0.4 is 5.48 Å². The van der Waals surface area contributed by atoms with Crippen LogP contribution in [0.25, 0.3) is 0 Å². The molecule has 4 nitrogen and oxygen atoms in total. The van der Waals surface area contributed by atoms with Crippen LogP contribution in [0.5, 0.6) is 0 Å². The normalized spacial score (nSPS) is 16.8. The summed E-state index contributed by atoms with van der Waals surface area (Å²) in [6.45, 7) is 1.97. The number of aliphatic hydroxyl groups is 2. The van der Waals surface area contributed by atoms with Gasteiger partial charge >= 0.3 is 0 Å². The van der Waals surface area contributed by atoms with Gasteiger partial charge in [-0.3, -0.25) is 0 Å². The van der Waals surface area contributed by atoms with Gasteiger partial charge in [0.25, 0.3) is 0 Å². The molecular formula is C6H15NO3. The van der Waals surface area contributed by atoms with E-state index in [4.69, 9.17) is 15.4 Å². The van der Waals surface area contributed by atoms with Crippen LogP contribution in [0.2, 0.25) is 0 Å². The number of hydrogen-bond donors (Lipinski definition) is 4. The van der Waals surface area contributed by atoms with Gasteiger partial charge in [-0.25, -0.2) is 0 Å². The molecule has 0 aliphatic carbocycles. The van der Waals surface area contributed by atoms with Crippen LogP contribution in [0.4, 0.5) is 0 Å². The monoisotopic (exact) mass is 149 g/mol. The third-order valence-corrected chi connectivity index (χ3v) is 1.54. The maximum atomic E-state index is 8.82. The predicted octanol–water partition coefficient (Wildman–Crippen LogP) is -0.308. The zero-order valence-electron chi connectivity index (χ0n) is 6.12. The van der Waals surface area contributed by atoms with Gasteiger partial charge in [-0.15, -0.1) is 0 Å². The number of aliphatic hydroxyl groups excluding tert-OH is 2. The van der Waals surface area contributed by atoms with E-state index in [0.717, 1.165) is 6.42 Å². The van der Waals surface area contributed by atoms with Crippen molar-refractivity contribution >= 4 is 0 Å². The lowest BCUT2D eigenvalue weighted by Crippen LogP contribution is -2.28. The Morgan fingerprint density at radius 2 is 2.10 bits per heavy atom. The molecule has 0 aliphatic rings. The Morgan fingerprint density at radius 3 is 2.40 bits per heavy atom. The Labute approximate surface area is 60.5 Å². The second-order valence-electron chi connectivity index (χ2n) is 2.34. The Hall–Kier alpha value is -0.160. The van der Waals surface area contributed by atoms with E-state index in [1.165, 1.54) is 0 Å². The number of rotatable bonds is 5. The zero-order chi connectivity index (χ0) is 7.98. The van der Waals surface area contributed by atoms with E-state index in [9.17, 15) is 0 Å². The fourth-order valence-corrected chi connectivity index (χ4v) is 0.739. The van der Waals surface area contributed by atoms with E-state index >= 15 is 0 Å². The quantitative estimate of drug-likeness (QED) is 0.319. The highest BCUT2D eigenvalue weighted by Gasteiger charge is 2.09. The molecule has 2 atom stereocenters. The standard InChI is InChI=1S/C6H15NO3/c1-2-5(4-8)3-6(9)7-10/h5-10H,2-4H2,1H3. The molecule has 4 heteroatoms. The zero-order valence-corrected chi connectivity index (χ0v) is 6.12. The van der Waals surface area contributed by atoms with E-state index < -0.39 is 6.23 Å². The Balaban J connectivity index is 3.41. The fourth-order valence-electron chi connectivity index (χ4n) is 0.739. The molecule has 62 valence electrons. The maximum Gasteiger partial charge on any atom is 0.127 e. The molecule has 4 N–H and O–H groups in total. The van der Waals surface area contributed by atoms with Crippen molar-refractivity contribution in [2.45, 2.75) is 26.0 Å². The average Bonchev–Trinajstić information content (AvgIpc) is 1.99. The molecule has 0 spiro atoms. The molecule has 0 bridgehead atoms. The van der Waals surface area contributed by atoms with E-state index in [2.05, 4.69) is 0 Å². The summed E-state index contributed by atoms with van der Waals surface area (Å²) < 4.78 is 0. The van der Waals surface area contributed by atoms with Gasteiger partial charge in [0.05, 0.1) is 0 Å². The molecule has 0 aromatic heterocycles. The number of nitrogens with one attached hydrogen (secondary N) is 1. The van der Waals surface area contributed by atoms with Gasteiger partial charge in [-0.2, -0.15) is 5.48 Å². The predicted molar refractivity (Wildman–Crippen MR) is 36.4 cm³/mol. The Kier molecular flexibility index (Phi) is 5.52. The Morgan fingerprint density at radius 1 is 1.50 bits per heavy atom. The second kappa shape index (κ2) is 5.61. The molecule has 0 aromatic rings. The van der Waals surface area contributed by atoms with E-state index in [0.29, 0.717) is 6.42 Å². The third-order valence-electron chi connectivity index (χ3n) is 1.54. The van der Waals surface area contributed by atoms with Crippen LogP contribution in [0.1, 0.15) is 19.8 Å². The molecule has 2 unspecified atom stereocenters. The summed E-state index contributed by atoms with van der Waals surface area (Å²) in [6, 6.07) is 0. The van der Waals surface area contributed by atoms with Gasteiger partial charge in [0.1, 0.15) is 6.23 Å². The fraction of sp³-hybridized carbons (Fsp3) is 1.00. The highest BCUT2D eigenvalue weighted by atomic mass is 16.5. The summed E-state index contributed by atoms with van der Waals surface area (Å²) in [5.41, 5.74) is 1.71. The Bertz CT molecular complexity index is 75.4. The van der Waals surface area contributed by atoms with Crippen molar-refractivity contribution in [3.63, 3.8) is 0 Å². The molecule has 0 fully saturated rings. The van der Waals surface area contributed by atoms with Crippen molar-refractivity contribution in [3.05, 3.63) is 0 Å². The lowest BCUT2D eigenvalue weighted by Gasteiger charge is -2.14. The van der Waals surface area contributed by atoms with Crippen LogP contribution in [-0.2, 0) is 0 Å². The first kappa shape index (κ1) is 9.84. The molecule has 0 aliphatic heterocycles. The highest BCUT2D eigenvalue weighted by molar-refractivity contribution is 4.57. The molecule has 0 heterocycles. The SMILES string of the molecule is CCC(CO)CC(O)NO. The van der Waals surface area contributed by atoms with Gasteiger partial charge in [-0.1, -0.05) is 13.3 Å². The minimum Gasteiger partial charge on any atom is -0.396 e. The molecule has 0 aromatic carbocycles. The largest absolute Gasteiger partial charge is 0.396 e. The smallest absolute Gasteiger partial charge is 0.127 e. The lowest BCUT2D eigenvalue weighted by atomic mass is 10.0. The number of hydroxylamine groups is 1. The second-order valence-corrected chi connectivity index (χ2v) is 2.34. The van der Waals surface area contributed by atoms with Gasteiger partial charge in [0.15, 0.2) is 0 Å². The van der Waals surface area contributed by atoms with Gasteiger partial charge in [-0.05, 0) is 12.3 Å². The highest BCUT2D eigenvalue weighted by Crippen LogP contribution is 2.07. The summed E-state index contributed by atoms with van der Waals surface area (Å²) in [5, 5.41) is 25.7. The topological polar surface area (TPSA) is 72.7 Å². The maximum absolute atomic E-state index is 8.82. The van der Waals surface area contributed by atoms with Crippen molar-refractivity contribution < 1.29 is 15.4 Å². The summed E-state index contributed by atoms with van der Waals surface area (Å²) in [4.78, 5) is 0. The minimum atomic E-state index is -0.919. The van der Waals surface area contributed by atoms with Crippen molar-refractivity contribution in [2.75, 3.05) is 6.61 Å². The van der Waals surface area contributed by atoms with E-state index in [-0.39, 0.29) is 12.5 Å². The summed E-state index contributed by atoms with van der Waals surface area (Å²) in [6.07, 6.45) is 0.260. The van der Waals surface area contributed by atoms with Gasteiger partial charge < -0.3 is 15.4 Å².